The summed E-state index contributed by atoms with van der Waals surface area (Å²) in [6, 6.07) is 17.6. The number of hydrogen-bond donors (Lipinski definition) is 0. The molecule has 0 amide bonds. The summed E-state index contributed by atoms with van der Waals surface area (Å²) in [6.07, 6.45) is 0.634. The highest BCUT2D eigenvalue weighted by Gasteiger charge is 2.72. The number of methoxy groups -OCH3 is 1. The van der Waals surface area contributed by atoms with Crippen LogP contribution < -0.4 is 4.74 Å². The van der Waals surface area contributed by atoms with Gasteiger partial charge in [-0.1, -0.05) is 74.3 Å². The Bertz CT molecular complexity index is 715. The SMILES string of the molecule is COC(=O)C1(c2cccc(OCc3ccccc3)c2)CC1(Br)Br. The number of rotatable bonds is 5. The van der Waals surface area contributed by atoms with Crippen LogP contribution in [0.25, 0.3) is 0 Å². The van der Waals surface area contributed by atoms with E-state index in [4.69, 9.17) is 9.47 Å². The second kappa shape index (κ2) is 6.29. The lowest BCUT2D eigenvalue weighted by molar-refractivity contribution is -0.143. The van der Waals surface area contributed by atoms with Crippen LogP contribution in [-0.2, 0) is 21.6 Å². The predicted octanol–water partition coefficient (Wildman–Crippen LogP) is 4.57. The van der Waals surface area contributed by atoms with Crippen molar-refractivity contribution in [3.05, 3.63) is 65.7 Å². The third-order valence-corrected chi connectivity index (χ3v) is 6.01. The van der Waals surface area contributed by atoms with Crippen molar-refractivity contribution in [1.29, 1.82) is 0 Å². The van der Waals surface area contributed by atoms with Crippen LogP contribution in [0.4, 0.5) is 0 Å². The number of alkyl halides is 2. The van der Waals surface area contributed by atoms with Gasteiger partial charge < -0.3 is 9.47 Å². The lowest BCUT2D eigenvalue weighted by atomic mass is 9.96. The van der Waals surface area contributed by atoms with Gasteiger partial charge in [-0.3, -0.25) is 4.79 Å². The number of carbonyl (C=O) groups is 1. The minimum absolute atomic E-state index is 0.258. The Labute approximate surface area is 152 Å². The van der Waals surface area contributed by atoms with Gasteiger partial charge in [0, 0.05) is 0 Å². The minimum atomic E-state index is -0.714. The van der Waals surface area contributed by atoms with Crippen LogP contribution in [0.15, 0.2) is 54.6 Å². The van der Waals surface area contributed by atoms with E-state index in [1.165, 1.54) is 7.11 Å². The quantitative estimate of drug-likeness (QED) is 0.505. The van der Waals surface area contributed by atoms with Gasteiger partial charge in [0.15, 0.2) is 0 Å². The van der Waals surface area contributed by atoms with Crippen molar-refractivity contribution in [1.82, 2.24) is 0 Å². The molecule has 0 radical (unpaired) electrons. The summed E-state index contributed by atoms with van der Waals surface area (Å²) in [7, 11) is 1.41. The summed E-state index contributed by atoms with van der Waals surface area (Å²) in [5.74, 6) is 0.476. The fourth-order valence-corrected chi connectivity index (χ4v) is 4.33. The van der Waals surface area contributed by atoms with Crippen LogP contribution >= 0.6 is 31.9 Å². The van der Waals surface area contributed by atoms with Gasteiger partial charge in [0.1, 0.15) is 21.0 Å². The first kappa shape index (κ1) is 16.5. The molecule has 1 atom stereocenters. The molecule has 1 aliphatic rings. The minimum Gasteiger partial charge on any atom is -0.489 e. The molecule has 0 aliphatic heterocycles. The van der Waals surface area contributed by atoms with E-state index in [1.807, 2.05) is 54.6 Å². The van der Waals surface area contributed by atoms with E-state index in [2.05, 4.69) is 31.9 Å². The Morgan fingerprint density at radius 3 is 2.43 bits per heavy atom. The summed E-state index contributed by atoms with van der Waals surface area (Å²) < 4.78 is 10.4. The Hall–Kier alpha value is -1.33. The van der Waals surface area contributed by atoms with Crippen molar-refractivity contribution in [2.75, 3.05) is 7.11 Å². The molecule has 1 unspecified atom stereocenters. The van der Waals surface area contributed by atoms with Crippen molar-refractivity contribution < 1.29 is 14.3 Å². The molecular weight excluding hydrogens is 424 g/mol. The van der Waals surface area contributed by atoms with E-state index in [-0.39, 0.29) is 5.97 Å². The molecule has 0 heterocycles. The van der Waals surface area contributed by atoms with E-state index >= 15 is 0 Å². The monoisotopic (exact) mass is 438 g/mol. The summed E-state index contributed by atoms with van der Waals surface area (Å²) >= 11 is 7.13. The average molecular weight is 440 g/mol. The van der Waals surface area contributed by atoms with Gasteiger partial charge in [-0.15, -0.1) is 0 Å². The smallest absolute Gasteiger partial charge is 0.318 e. The van der Waals surface area contributed by atoms with Crippen LogP contribution in [0, 0.1) is 0 Å². The largest absolute Gasteiger partial charge is 0.489 e. The van der Waals surface area contributed by atoms with E-state index in [9.17, 15) is 4.79 Å². The molecule has 1 fully saturated rings. The molecular formula is C18H16Br2O3. The van der Waals surface area contributed by atoms with Crippen molar-refractivity contribution in [3.63, 3.8) is 0 Å². The number of halogens is 2. The van der Waals surface area contributed by atoms with Crippen molar-refractivity contribution in [2.24, 2.45) is 0 Å². The van der Waals surface area contributed by atoms with E-state index in [0.29, 0.717) is 13.0 Å². The highest BCUT2D eigenvalue weighted by atomic mass is 79.9. The third-order valence-electron chi connectivity index (χ3n) is 4.10. The number of carbonyl (C=O) groups excluding carboxylic acids is 1. The van der Waals surface area contributed by atoms with Crippen LogP contribution in [0.1, 0.15) is 17.5 Å². The highest BCUT2D eigenvalue weighted by Crippen LogP contribution is 2.67. The van der Waals surface area contributed by atoms with Gasteiger partial charge in [0.25, 0.3) is 0 Å². The lowest BCUT2D eigenvalue weighted by Gasteiger charge is -2.17. The summed E-state index contributed by atoms with van der Waals surface area (Å²) in [6.45, 7) is 0.489. The zero-order valence-corrected chi connectivity index (χ0v) is 15.8. The van der Waals surface area contributed by atoms with Gasteiger partial charge >= 0.3 is 5.97 Å². The maximum absolute atomic E-state index is 12.3. The van der Waals surface area contributed by atoms with Crippen LogP contribution in [0.3, 0.4) is 0 Å². The van der Waals surface area contributed by atoms with Gasteiger partial charge in [0.05, 0.1) is 7.11 Å². The molecule has 23 heavy (non-hydrogen) atoms. The fourth-order valence-electron chi connectivity index (χ4n) is 2.71. The molecule has 3 rings (SSSR count). The normalized spacial score (nSPS) is 21.5. The molecule has 3 nitrogen and oxygen atoms in total. The average Bonchev–Trinajstić information content (AvgIpc) is 3.17. The highest BCUT2D eigenvalue weighted by molar-refractivity contribution is 9.25. The molecule has 0 saturated heterocycles. The molecule has 2 aromatic carbocycles. The second-order valence-electron chi connectivity index (χ2n) is 5.58. The zero-order valence-electron chi connectivity index (χ0n) is 12.6. The van der Waals surface area contributed by atoms with Gasteiger partial charge in [-0.2, -0.15) is 0 Å². The molecule has 1 saturated carbocycles. The van der Waals surface area contributed by atoms with Crippen molar-refractivity contribution in [3.8, 4) is 5.75 Å². The Morgan fingerprint density at radius 2 is 1.83 bits per heavy atom. The molecule has 0 aromatic heterocycles. The van der Waals surface area contributed by atoms with Crippen LogP contribution in [0.5, 0.6) is 5.75 Å². The number of hydrogen-bond acceptors (Lipinski definition) is 3. The van der Waals surface area contributed by atoms with Crippen LogP contribution in [-0.4, -0.2) is 16.3 Å². The molecule has 0 spiro atoms. The molecule has 2 aromatic rings. The number of esters is 1. The first-order valence-electron chi connectivity index (χ1n) is 7.23. The predicted molar refractivity (Wildman–Crippen MR) is 96.1 cm³/mol. The maximum atomic E-state index is 12.3. The Kier molecular flexibility index (Phi) is 4.52. The Balaban J connectivity index is 1.81. The summed E-state index contributed by atoms with van der Waals surface area (Å²) in [5.41, 5.74) is 1.26. The fraction of sp³-hybridized carbons (Fsp3) is 0.278. The molecule has 1 aliphatic carbocycles. The van der Waals surface area contributed by atoms with Gasteiger partial charge in [0.2, 0.25) is 0 Å². The Morgan fingerprint density at radius 1 is 1.13 bits per heavy atom. The molecule has 5 heteroatoms. The van der Waals surface area contributed by atoms with Crippen LogP contribution in [0.2, 0.25) is 0 Å². The van der Waals surface area contributed by atoms with Gasteiger partial charge in [-0.05, 0) is 29.7 Å². The molecule has 0 N–H and O–H groups in total. The van der Waals surface area contributed by atoms with Gasteiger partial charge in [-0.25, -0.2) is 0 Å². The lowest BCUT2D eigenvalue weighted by Crippen LogP contribution is -2.27. The van der Waals surface area contributed by atoms with Crippen molar-refractivity contribution >= 4 is 37.8 Å². The van der Waals surface area contributed by atoms with E-state index in [0.717, 1.165) is 16.9 Å². The first-order chi connectivity index (χ1) is 11.0. The number of benzene rings is 2. The topological polar surface area (TPSA) is 35.5 Å². The first-order valence-corrected chi connectivity index (χ1v) is 8.82. The molecule has 0 bridgehead atoms. The third kappa shape index (κ3) is 3.04. The molecule has 120 valence electrons. The van der Waals surface area contributed by atoms with E-state index < -0.39 is 8.65 Å². The summed E-state index contributed by atoms with van der Waals surface area (Å²) in [5, 5.41) is 0. The second-order valence-corrected chi connectivity index (χ2v) is 9.35. The summed E-state index contributed by atoms with van der Waals surface area (Å²) in [4.78, 5) is 12.3. The van der Waals surface area contributed by atoms with E-state index in [1.54, 1.807) is 0 Å². The van der Waals surface area contributed by atoms with Crippen molar-refractivity contribution in [2.45, 2.75) is 21.7 Å². The number of ether oxygens (including phenoxy) is 2. The maximum Gasteiger partial charge on any atom is 0.318 e. The zero-order chi connectivity index (χ0) is 16.5. The standard InChI is InChI=1S/C18H16Br2O3/c1-22-16(21)17(12-18(17,19)20)14-8-5-9-15(10-14)23-11-13-6-3-2-4-7-13/h2-10H,11-12H2,1H3.